The zero-order valence-electron chi connectivity index (χ0n) is 5.87. The molecule has 0 aromatic rings. The van der Waals surface area contributed by atoms with Crippen molar-refractivity contribution in [1.82, 2.24) is 0 Å². The van der Waals surface area contributed by atoms with Crippen molar-refractivity contribution in [2.45, 2.75) is 6.92 Å². The molecule has 58 valence electrons. The van der Waals surface area contributed by atoms with Crippen LogP contribution in [0, 0.1) is 0 Å². The van der Waals surface area contributed by atoms with E-state index in [1.165, 1.54) is 6.92 Å². The molecular formula is C5H6BNO4. The molecule has 0 aromatic carbocycles. The Balaban J connectivity index is 4.21. The average Bonchev–Trinajstić information content (AvgIpc) is 2.02. The van der Waals surface area contributed by atoms with Gasteiger partial charge in [-0.05, 0) is 6.92 Å². The summed E-state index contributed by atoms with van der Waals surface area (Å²) in [5, 5.41) is 0. The first-order valence-corrected chi connectivity index (χ1v) is 2.62. The first kappa shape index (κ1) is 9.70. The molecule has 0 atom stereocenters. The van der Waals surface area contributed by atoms with E-state index in [9.17, 15) is 9.59 Å². The van der Waals surface area contributed by atoms with Crippen LogP contribution >= 0.6 is 0 Å². The van der Waals surface area contributed by atoms with E-state index >= 15 is 0 Å². The minimum Gasteiger partial charge on any atom is -0.540 e. The number of carbonyl (C=O) groups is 2. The lowest BCUT2D eigenvalue weighted by Crippen LogP contribution is -2.12. The summed E-state index contributed by atoms with van der Waals surface area (Å²) in [6, 6.07) is 0. The van der Waals surface area contributed by atoms with Gasteiger partial charge in [0.05, 0.1) is 0 Å². The Bertz CT molecular complexity index is 201. The molecule has 2 N–H and O–H groups in total. The molecule has 0 aliphatic carbocycles. The van der Waals surface area contributed by atoms with Gasteiger partial charge in [0.25, 0.3) is 0 Å². The molecule has 2 radical (unpaired) electrons. The summed E-state index contributed by atoms with van der Waals surface area (Å²) in [5.41, 5.74) is 0.0166. The van der Waals surface area contributed by atoms with Gasteiger partial charge in [-0.15, -0.1) is 0 Å². The summed E-state index contributed by atoms with van der Waals surface area (Å²) < 4.78 is 3.75. The molecule has 0 rings (SSSR count). The number of hydrogen-bond acceptors (Lipinski definition) is 5. The van der Waals surface area contributed by atoms with Gasteiger partial charge in [0.2, 0.25) is 0 Å². The monoisotopic (exact) mass is 155 g/mol. The summed E-state index contributed by atoms with van der Waals surface area (Å²) >= 11 is 0. The Morgan fingerprint density at radius 1 is 1.55 bits per heavy atom. The lowest BCUT2D eigenvalue weighted by atomic mass is 10.3. The van der Waals surface area contributed by atoms with Crippen LogP contribution in [0.1, 0.15) is 6.92 Å². The smallest absolute Gasteiger partial charge is 0.378 e. The van der Waals surface area contributed by atoms with Gasteiger partial charge in [-0.2, -0.15) is 5.90 Å². The third kappa shape index (κ3) is 3.41. The Morgan fingerprint density at radius 2 is 2.09 bits per heavy atom. The van der Waals surface area contributed by atoms with Gasteiger partial charge < -0.3 is 9.49 Å². The molecule has 0 aromatic heterocycles. The van der Waals surface area contributed by atoms with Crippen LogP contribution in [0.15, 0.2) is 11.6 Å². The van der Waals surface area contributed by atoms with Crippen molar-refractivity contribution in [2.24, 2.45) is 5.90 Å². The van der Waals surface area contributed by atoms with E-state index < -0.39 is 11.9 Å². The van der Waals surface area contributed by atoms with E-state index in [1.54, 1.807) is 0 Å². The third-order valence-corrected chi connectivity index (χ3v) is 0.880. The van der Waals surface area contributed by atoms with E-state index in [0.717, 1.165) is 6.08 Å². The van der Waals surface area contributed by atoms with Crippen molar-refractivity contribution in [3.8, 4) is 0 Å². The highest BCUT2D eigenvalue weighted by Crippen LogP contribution is 1.94. The van der Waals surface area contributed by atoms with Crippen LogP contribution < -0.4 is 5.90 Å². The van der Waals surface area contributed by atoms with Crippen molar-refractivity contribution >= 4 is 20.0 Å². The summed E-state index contributed by atoms with van der Waals surface area (Å²) in [6.45, 7) is 1.34. The molecule has 0 heterocycles. The minimum atomic E-state index is -0.840. The Kier molecular flexibility index (Phi) is 3.98. The molecule has 0 aliphatic rings. The van der Waals surface area contributed by atoms with Crippen LogP contribution in [0.5, 0.6) is 0 Å². The van der Waals surface area contributed by atoms with Crippen LogP contribution in [-0.4, -0.2) is 20.0 Å². The fourth-order valence-corrected chi connectivity index (χ4v) is 0.363. The van der Waals surface area contributed by atoms with Gasteiger partial charge in [-0.25, -0.2) is 9.59 Å². The van der Waals surface area contributed by atoms with E-state index in [2.05, 4.69) is 23.4 Å². The quantitative estimate of drug-likeness (QED) is 0.313. The summed E-state index contributed by atoms with van der Waals surface area (Å²) in [6.07, 6.45) is 0.870. The Morgan fingerprint density at radius 3 is 2.45 bits per heavy atom. The first-order valence-electron chi connectivity index (χ1n) is 2.62. The van der Waals surface area contributed by atoms with E-state index in [1.807, 2.05) is 0 Å². The van der Waals surface area contributed by atoms with Crippen LogP contribution in [0.2, 0.25) is 0 Å². The number of nitrogens with two attached hydrogens (primary N) is 1. The largest absolute Gasteiger partial charge is 0.540 e. The number of hydrogen-bond donors (Lipinski definition) is 1. The molecular weight excluding hydrogens is 149 g/mol. The Hall–Kier alpha value is -1.30. The average molecular weight is 155 g/mol. The predicted molar refractivity (Wildman–Crippen MR) is 35.9 cm³/mol. The first-order chi connectivity index (χ1) is 5.11. The maximum atomic E-state index is 10.5. The summed E-state index contributed by atoms with van der Waals surface area (Å²) in [7, 11) is 4.48. The van der Waals surface area contributed by atoms with Crippen LogP contribution in [-0.2, 0) is 19.1 Å². The second-order valence-corrected chi connectivity index (χ2v) is 1.67. The molecule has 11 heavy (non-hydrogen) atoms. The van der Waals surface area contributed by atoms with Gasteiger partial charge in [0, 0.05) is 11.6 Å². The second kappa shape index (κ2) is 4.51. The standard InChI is InChI=1S/C5H6BNO4/c1-3(5(9)11-7)2-4(8)10-6/h2H,7H2,1H3/b3-2+. The summed E-state index contributed by atoms with van der Waals surface area (Å²) in [5.74, 6) is 2.87. The second-order valence-electron chi connectivity index (χ2n) is 1.67. The van der Waals surface area contributed by atoms with Crippen molar-refractivity contribution in [3.63, 3.8) is 0 Å². The Labute approximate surface area is 64.5 Å². The van der Waals surface area contributed by atoms with Crippen LogP contribution in [0.25, 0.3) is 0 Å². The highest BCUT2D eigenvalue weighted by atomic mass is 16.7. The number of carbonyl (C=O) groups excluding carboxylic acids is 2. The predicted octanol–water partition coefficient (Wildman–Crippen LogP) is -1.02. The van der Waals surface area contributed by atoms with Gasteiger partial charge >= 0.3 is 20.0 Å². The maximum Gasteiger partial charge on any atom is 0.378 e. The SMILES string of the molecule is [B]OC(=O)/C=C(\C)C(=O)ON. The van der Waals surface area contributed by atoms with Crippen molar-refractivity contribution < 1.29 is 19.1 Å². The molecule has 5 nitrogen and oxygen atoms in total. The van der Waals surface area contributed by atoms with Gasteiger partial charge in [0.15, 0.2) is 0 Å². The molecule has 0 saturated carbocycles. The van der Waals surface area contributed by atoms with E-state index in [0.29, 0.717) is 0 Å². The van der Waals surface area contributed by atoms with Crippen LogP contribution in [0.3, 0.4) is 0 Å². The maximum absolute atomic E-state index is 10.5. The lowest BCUT2D eigenvalue weighted by Gasteiger charge is -1.96. The molecule has 0 fully saturated rings. The van der Waals surface area contributed by atoms with E-state index in [4.69, 9.17) is 0 Å². The molecule has 6 heteroatoms. The molecule has 0 amide bonds. The highest BCUT2D eigenvalue weighted by molar-refractivity contribution is 6.09. The van der Waals surface area contributed by atoms with Gasteiger partial charge in [-0.1, -0.05) is 0 Å². The molecule has 0 saturated heterocycles. The highest BCUT2D eigenvalue weighted by Gasteiger charge is 2.05. The summed E-state index contributed by atoms with van der Waals surface area (Å²) in [4.78, 5) is 24.7. The normalized spacial score (nSPS) is 10.5. The topological polar surface area (TPSA) is 78.6 Å². The molecule has 0 bridgehead atoms. The molecule has 0 aliphatic heterocycles. The molecule has 0 unspecified atom stereocenters. The van der Waals surface area contributed by atoms with Gasteiger partial charge in [0.1, 0.15) is 0 Å². The fourth-order valence-electron chi connectivity index (χ4n) is 0.363. The minimum absolute atomic E-state index is 0.0166. The van der Waals surface area contributed by atoms with Crippen LogP contribution in [0.4, 0.5) is 0 Å². The van der Waals surface area contributed by atoms with Gasteiger partial charge in [-0.3, -0.25) is 0 Å². The third-order valence-electron chi connectivity index (χ3n) is 0.880. The van der Waals surface area contributed by atoms with Crippen molar-refractivity contribution in [2.75, 3.05) is 0 Å². The zero-order valence-corrected chi connectivity index (χ0v) is 5.87. The van der Waals surface area contributed by atoms with Crippen molar-refractivity contribution in [3.05, 3.63) is 11.6 Å². The van der Waals surface area contributed by atoms with Crippen molar-refractivity contribution in [1.29, 1.82) is 0 Å². The molecule has 0 spiro atoms. The zero-order chi connectivity index (χ0) is 8.85. The lowest BCUT2D eigenvalue weighted by molar-refractivity contribution is -0.140. The fraction of sp³-hybridized carbons (Fsp3) is 0.200. The van der Waals surface area contributed by atoms with E-state index in [-0.39, 0.29) is 5.57 Å². The number of rotatable bonds is 2.